The molecule has 0 aliphatic heterocycles. The average molecular weight is 406 g/mol. The van der Waals surface area contributed by atoms with Crippen molar-refractivity contribution in [2.45, 2.75) is 43.8 Å². The molecule has 0 atom stereocenters. The Kier molecular flexibility index (Phi) is 6.66. The molecule has 2 aromatic rings. The standard InChI is InChI=1S/C19H27N5O3S/c1-12-4-6-13(7-5-12)21-17(25)11-28-19-23-22-18(24(19)20)15-9-8-14(26-2)10-16(15)27-3/h8-10,12-13H,4-7,11,20H2,1-3H3,(H,21,25). The quantitative estimate of drug-likeness (QED) is 0.538. The van der Waals surface area contributed by atoms with Gasteiger partial charge < -0.3 is 20.6 Å². The minimum atomic E-state index is -0.00358. The fraction of sp³-hybridized carbons (Fsp3) is 0.526. The van der Waals surface area contributed by atoms with Gasteiger partial charge in [-0.15, -0.1) is 10.2 Å². The Labute approximate surface area is 169 Å². The van der Waals surface area contributed by atoms with Crippen molar-refractivity contribution in [3.05, 3.63) is 18.2 Å². The monoisotopic (exact) mass is 405 g/mol. The molecular weight excluding hydrogens is 378 g/mol. The van der Waals surface area contributed by atoms with E-state index in [-0.39, 0.29) is 17.7 Å². The molecule has 1 fully saturated rings. The highest BCUT2D eigenvalue weighted by atomic mass is 32.2. The molecule has 8 nitrogen and oxygen atoms in total. The first-order valence-electron chi connectivity index (χ1n) is 9.36. The Hall–Kier alpha value is -2.42. The molecule has 0 radical (unpaired) electrons. The fourth-order valence-electron chi connectivity index (χ4n) is 3.35. The van der Waals surface area contributed by atoms with Gasteiger partial charge in [-0.05, 0) is 43.7 Å². The minimum absolute atomic E-state index is 0.00358. The number of nitrogens with one attached hydrogen (secondary N) is 1. The number of hydrogen-bond acceptors (Lipinski definition) is 7. The smallest absolute Gasteiger partial charge is 0.230 e. The van der Waals surface area contributed by atoms with E-state index in [1.54, 1.807) is 26.4 Å². The number of carbonyl (C=O) groups is 1. The molecule has 0 bridgehead atoms. The van der Waals surface area contributed by atoms with Crippen LogP contribution in [0.4, 0.5) is 0 Å². The minimum Gasteiger partial charge on any atom is -0.497 e. The van der Waals surface area contributed by atoms with Crippen molar-refractivity contribution >= 4 is 17.7 Å². The van der Waals surface area contributed by atoms with Gasteiger partial charge in [0, 0.05) is 12.1 Å². The van der Waals surface area contributed by atoms with Crippen molar-refractivity contribution in [1.82, 2.24) is 20.2 Å². The predicted octanol–water partition coefficient (Wildman–Crippen LogP) is 2.46. The second kappa shape index (κ2) is 9.18. The SMILES string of the molecule is COc1ccc(-c2nnc(SCC(=O)NC3CCC(C)CC3)n2N)c(OC)c1. The highest BCUT2D eigenvalue weighted by molar-refractivity contribution is 7.99. The molecule has 0 unspecified atom stereocenters. The van der Waals surface area contributed by atoms with E-state index >= 15 is 0 Å². The maximum atomic E-state index is 12.3. The van der Waals surface area contributed by atoms with E-state index in [4.69, 9.17) is 15.3 Å². The van der Waals surface area contributed by atoms with Crippen LogP contribution in [0.3, 0.4) is 0 Å². The first kappa shape index (κ1) is 20.3. The molecular formula is C19H27N5O3S. The second-order valence-electron chi connectivity index (χ2n) is 7.06. The van der Waals surface area contributed by atoms with Gasteiger partial charge in [-0.3, -0.25) is 4.79 Å². The molecule has 1 saturated carbocycles. The highest BCUT2D eigenvalue weighted by Crippen LogP contribution is 2.33. The van der Waals surface area contributed by atoms with E-state index in [0.29, 0.717) is 28.0 Å². The summed E-state index contributed by atoms with van der Waals surface area (Å²) in [6.07, 6.45) is 4.43. The Bertz CT molecular complexity index is 818. The maximum absolute atomic E-state index is 12.3. The summed E-state index contributed by atoms with van der Waals surface area (Å²) in [7, 11) is 3.16. The van der Waals surface area contributed by atoms with Crippen molar-refractivity contribution in [2.24, 2.45) is 5.92 Å². The van der Waals surface area contributed by atoms with Gasteiger partial charge in [0.2, 0.25) is 11.1 Å². The van der Waals surface area contributed by atoms with Gasteiger partial charge in [-0.25, -0.2) is 4.68 Å². The maximum Gasteiger partial charge on any atom is 0.230 e. The van der Waals surface area contributed by atoms with E-state index in [0.717, 1.165) is 18.8 Å². The third-order valence-corrected chi connectivity index (χ3v) is 5.97. The van der Waals surface area contributed by atoms with Gasteiger partial charge in [0.05, 0.1) is 25.5 Å². The number of methoxy groups -OCH3 is 2. The number of nitrogen functional groups attached to an aromatic ring is 1. The topological polar surface area (TPSA) is 104 Å². The number of carbonyl (C=O) groups excluding carboxylic acids is 1. The molecule has 9 heteroatoms. The van der Waals surface area contributed by atoms with Crippen LogP contribution in [0.5, 0.6) is 11.5 Å². The van der Waals surface area contributed by atoms with Crippen LogP contribution >= 0.6 is 11.8 Å². The molecule has 1 heterocycles. The summed E-state index contributed by atoms with van der Waals surface area (Å²) >= 11 is 1.27. The van der Waals surface area contributed by atoms with Gasteiger partial charge in [0.25, 0.3) is 0 Å². The van der Waals surface area contributed by atoms with E-state index < -0.39 is 0 Å². The summed E-state index contributed by atoms with van der Waals surface area (Å²) < 4.78 is 12.0. The lowest BCUT2D eigenvalue weighted by Crippen LogP contribution is -2.38. The third kappa shape index (κ3) is 4.70. The van der Waals surface area contributed by atoms with Gasteiger partial charge >= 0.3 is 0 Å². The second-order valence-corrected chi connectivity index (χ2v) is 8.00. The lowest BCUT2D eigenvalue weighted by atomic mass is 9.87. The van der Waals surface area contributed by atoms with Crippen molar-refractivity contribution < 1.29 is 14.3 Å². The number of ether oxygens (including phenoxy) is 2. The van der Waals surface area contributed by atoms with Crippen LogP contribution in [0, 0.1) is 5.92 Å². The van der Waals surface area contributed by atoms with Crippen LogP contribution in [-0.2, 0) is 4.79 Å². The van der Waals surface area contributed by atoms with E-state index in [1.165, 1.54) is 29.3 Å². The number of aromatic nitrogens is 3. The Morgan fingerprint density at radius 3 is 2.68 bits per heavy atom. The van der Waals surface area contributed by atoms with Gasteiger partial charge in [0.15, 0.2) is 5.82 Å². The van der Waals surface area contributed by atoms with Gasteiger partial charge in [0.1, 0.15) is 11.5 Å². The molecule has 1 aromatic heterocycles. The predicted molar refractivity (Wildman–Crippen MR) is 109 cm³/mol. The molecule has 0 spiro atoms. The Balaban J connectivity index is 1.63. The molecule has 3 N–H and O–H groups in total. The molecule has 28 heavy (non-hydrogen) atoms. The number of rotatable bonds is 7. The average Bonchev–Trinajstić information content (AvgIpc) is 3.07. The first-order chi connectivity index (χ1) is 13.5. The fourth-order valence-corrected chi connectivity index (χ4v) is 4.01. The van der Waals surface area contributed by atoms with Gasteiger partial charge in [-0.2, -0.15) is 0 Å². The summed E-state index contributed by atoms with van der Waals surface area (Å²) in [5, 5.41) is 11.9. The van der Waals surface area contributed by atoms with Crippen LogP contribution < -0.4 is 20.6 Å². The molecule has 152 valence electrons. The van der Waals surface area contributed by atoms with E-state index in [9.17, 15) is 4.79 Å². The molecule has 1 aliphatic carbocycles. The van der Waals surface area contributed by atoms with Crippen LogP contribution in [0.15, 0.2) is 23.4 Å². The normalized spacial score (nSPS) is 19.2. The summed E-state index contributed by atoms with van der Waals surface area (Å²) in [6, 6.07) is 5.66. The summed E-state index contributed by atoms with van der Waals surface area (Å²) in [5.41, 5.74) is 0.700. The van der Waals surface area contributed by atoms with Crippen molar-refractivity contribution in [3.63, 3.8) is 0 Å². The lowest BCUT2D eigenvalue weighted by Gasteiger charge is -2.26. The van der Waals surface area contributed by atoms with E-state index in [1.807, 2.05) is 6.07 Å². The molecule has 1 aromatic carbocycles. The molecule has 1 amide bonds. The molecule has 0 saturated heterocycles. The number of benzene rings is 1. The van der Waals surface area contributed by atoms with Crippen LogP contribution in [0.1, 0.15) is 32.6 Å². The van der Waals surface area contributed by atoms with Crippen molar-refractivity contribution in [2.75, 3.05) is 25.8 Å². The highest BCUT2D eigenvalue weighted by Gasteiger charge is 2.21. The van der Waals surface area contributed by atoms with Crippen LogP contribution in [0.25, 0.3) is 11.4 Å². The number of nitrogens with zero attached hydrogens (tertiary/aromatic N) is 3. The summed E-state index contributed by atoms with van der Waals surface area (Å²) in [4.78, 5) is 12.3. The number of thioether (sulfide) groups is 1. The third-order valence-electron chi connectivity index (χ3n) is 5.03. The van der Waals surface area contributed by atoms with Crippen LogP contribution in [-0.4, -0.2) is 46.8 Å². The molecule has 3 rings (SSSR count). The van der Waals surface area contributed by atoms with Crippen LogP contribution in [0.2, 0.25) is 0 Å². The van der Waals surface area contributed by atoms with E-state index in [2.05, 4.69) is 22.4 Å². The number of hydrogen-bond donors (Lipinski definition) is 2. The Morgan fingerprint density at radius 1 is 1.25 bits per heavy atom. The summed E-state index contributed by atoms with van der Waals surface area (Å²) in [6.45, 7) is 2.26. The zero-order valence-corrected chi connectivity index (χ0v) is 17.3. The zero-order valence-electron chi connectivity index (χ0n) is 16.5. The summed E-state index contributed by atoms with van der Waals surface area (Å²) in [5.74, 6) is 8.89. The zero-order chi connectivity index (χ0) is 20.1. The number of nitrogens with two attached hydrogens (primary N) is 1. The van der Waals surface area contributed by atoms with Crippen molar-refractivity contribution in [1.29, 1.82) is 0 Å². The molecule has 1 aliphatic rings. The van der Waals surface area contributed by atoms with Gasteiger partial charge in [-0.1, -0.05) is 18.7 Å². The largest absolute Gasteiger partial charge is 0.497 e. The first-order valence-corrected chi connectivity index (χ1v) is 10.4. The number of amides is 1. The Morgan fingerprint density at radius 2 is 2.00 bits per heavy atom. The van der Waals surface area contributed by atoms with Crippen molar-refractivity contribution in [3.8, 4) is 22.9 Å². The lowest BCUT2D eigenvalue weighted by molar-refractivity contribution is -0.119.